The van der Waals surface area contributed by atoms with Gasteiger partial charge in [-0.15, -0.1) is 0 Å². The number of hydrogen-bond donors (Lipinski definition) is 1. The smallest absolute Gasteiger partial charge is 0.309 e. The van der Waals surface area contributed by atoms with Gasteiger partial charge in [0.2, 0.25) is 0 Å². The van der Waals surface area contributed by atoms with Gasteiger partial charge in [0.15, 0.2) is 5.82 Å². The number of benzene rings is 1. The Labute approximate surface area is 322 Å². The summed E-state index contributed by atoms with van der Waals surface area (Å²) >= 11 is 4.07. The fourth-order valence-electron chi connectivity index (χ4n) is 6.50. The van der Waals surface area contributed by atoms with Crippen LogP contribution in [0.25, 0.3) is 16.8 Å². The maximum Gasteiger partial charge on any atom is 0.309 e. The van der Waals surface area contributed by atoms with Crippen molar-refractivity contribution in [1.29, 1.82) is 0 Å². The van der Waals surface area contributed by atoms with E-state index in [2.05, 4.69) is 94.8 Å². The summed E-state index contributed by atoms with van der Waals surface area (Å²) in [7, 11) is -2.54. The van der Waals surface area contributed by atoms with E-state index in [1.807, 2.05) is 45.2 Å². The highest BCUT2D eigenvalue weighted by Gasteiger charge is 2.40. The van der Waals surface area contributed by atoms with Crippen LogP contribution in [0, 0.1) is 11.8 Å². The number of hydrazine groups is 1. The van der Waals surface area contributed by atoms with Crippen molar-refractivity contribution in [2.45, 2.75) is 103 Å². The van der Waals surface area contributed by atoms with Crippen LogP contribution in [0.1, 0.15) is 52.0 Å². The number of fused-ring (bicyclic) bond motifs is 1. The Kier molecular flexibility index (Phi) is 13.4. The third-order valence-corrected chi connectivity index (χ3v) is 13.7. The molecule has 0 saturated heterocycles. The van der Waals surface area contributed by atoms with Crippen LogP contribution in [0.3, 0.4) is 0 Å². The number of allylic oxidation sites excluding steroid dienone is 1. The maximum absolute atomic E-state index is 13.0. The predicted octanol–water partition coefficient (Wildman–Crippen LogP) is 9.33. The van der Waals surface area contributed by atoms with E-state index in [9.17, 15) is 4.79 Å². The molecule has 0 atom stereocenters. The van der Waals surface area contributed by atoms with Crippen LogP contribution in [0.5, 0.6) is 0 Å². The highest BCUT2D eigenvalue weighted by molar-refractivity contribution is 9.12. The van der Waals surface area contributed by atoms with Gasteiger partial charge in [-0.25, -0.2) is 15.4 Å². The van der Waals surface area contributed by atoms with Crippen molar-refractivity contribution in [3.63, 3.8) is 0 Å². The molecule has 1 aromatic heterocycles. The average molecular weight is 811 g/mol. The minimum Gasteiger partial charge on any atom is -0.460 e. The van der Waals surface area contributed by atoms with E-state index in [0.717, 1.165) is 82.0 Å². The first-order valence-electron chi connectivity index (χ1n) is 18.9. The summed E-state index contributed by atoms with van der Waals surface area (Å²) in [5.74, 6) is 1.81. The van der Waals surface area contributed by atoms with E-state index in [-0.39, 0.29) is 17.8 Å². The predicted molar refractivity (Wildman–Crippen MR) is 221 cm³/mol. The first-order valence-corrected chi connectivity index (χ1v) is 27.1. The van der Waals surface area contributed by atoms with Gasteiger partial charge >= 0.3 is 5.97 Å². The van der Waals surface area contributed by atoms with E-state index >= 15 is 0 Å². The Bertz CT molecular complexity index is 1600. The zero-order valence-electron chi connectivity index (χ0n) is 32.9. The molecule has 0 bridgehead atoms. The molecule has 1 saturated carbocycles. The van der Waals surface area contributed by atoms with Crippen LogP contribution in [-0.4, -0.2) is 81.5 Å². The quantitative estimate of drug-likeness (QED) is 0.0825. The minimum atomic E-state index is -1.27. The van der Waals surface area contributed by atoms with Crippen molar-refractivity contribution in [1.82, 2.24) is 20.3 Å². The number of nitrogens with zero attached hydrogens (tertiary/aromatic N) is 4. The lowest BCUT2D eigenvalue weighted by atomic mass is 9.79. The molecule has 1 N–H and O–H groups in total. The number of aromatic nitrogens is 1. The van der Waals surface area contributed by atoms with Gasteiger partial charge in [0.25, 0.3) is 0 Å². The van der Waals surface area contributed by atoms with Crippen molar-refractivity contribution in [2.75, 3.05) is 33.2 Å². The second-order valence-electron chi connectivity index (χ2n) is 17.7. The molecule has 3 aliphatic rings. The third-order valence-electron chi connectivity index (χ3n) is 9.58. The lowest BCUT2D eigenvalue weighted by molar-refractivity contribution is -0.161. The second kappa shape index (κ2) is 17.2. The Hall–Kier alpha value is -2.62. The summed E-state index contributed by atoms with van der Waals surface area (Å²) in [4.78, 5) is 25.5. The molecule has 1 aromatic carbocycles. The van der Waals surface area contributed by atoms with Crippen molar-refractivity contribution < 1.29 is 19.0 Å². The summed E-state index contributed by atoms with van der Waals surface area (Å²) in [6.45, 7) is 22.9. The molecular weight excluding hydrogens is 751 g/mol. The van der Waals surface area contributed by atoms with Crippen LogP contribution in [0.4, 0.5) is 0 Å². The van der Waals surface area contributed by atoms with E-state index in [1.54, 1.807) is 0 Å². The molecule has 5 rings (SSSR count). The van der Waals surface area contributed by atoms with Crippen molar-refractivity contribution >= 4 is 49.3 Å². The van der Waals surface area contributed by atoms with Gasteiger partial charge < -0.3 is 19.1 Å². The van der Waals surface area contributed by atoms with Gasteiger partial charge in [-0.1, -0.05) is 75.7 Å². The normalized spacial score (nSPS) is 19.9. The van der Waals surface area contributed by atoms with E-state index < -0.39 is 21.7 Å². The largest absolute Gasteiger partial charge is 0.460 e. The number of nitrogens with one attached hydrogen (secondary N) is 1. The van der Waals surface area contributed by atoms with Crippen LogP contribution in [0.15, 0.2) is 69.8 Å². The summed E-state index contributed by atoms with van der Waals surface area (Å²) in [5.41, 5.74) is 8.31. The molecule has 0 spiro atoms. The molecule has 9 nitrogen and oxygen atoms in total. The SMILES string of the molecule is CC(C)(C)OC(=O)C1CCC(C2=NC3=C(c4ccc(-c5ccccc5)nc4)CNN3C(N(COCC[Si](C)(C)C)COCC[Si](C)(C)C)=C2Br)CC1. The summed E-state index contributed by atoms with van der Waals surface area (Å²) in [6.07, 6.45) is 5.22. The van der Waals surface area contributed by atoms with E-state index in [0.29, 0.717) is 33.2 Å². The fourth-order valence-corrected chi connectivity index (χ4v) is 8.86. The van der Waals surface area contributed by atoms with Crippen molar-refractivity contribution in [2.24, 2.45) is 16.8 Å². The Morgan fingerprint density at radius 3 is 2.06 bits per heavy atom. The Balaban J connectivity index is 1.48. The molecule has 52 heavy (non-hydrogen) atoms. The first kappa shape index (κ1) is 40.6. The number of rotatable bonds is 15. The first-order chi connectivity index (χ1) is 24.5. The number of pyridine rings is 1. The number of esters is 1. The van der Waals surface area contributed by atoms with Gasteiger partial charge in [-0.2, -0.15) is 0 Å². The molecule has 284 valence electrons. The molecule has 2 aliphatic heterocycles. The van der Waals surface area contributed by atoms with Gasteiger partial charge in [0, 0.05) is 64.7 Å². The second-order valence-corrected chi connectivity index (χ2v) is 29.8. The molecule has 12 heteroatoms. The zero-order chi connectivity index (χ0) is 37.7. The van der Waals surface area contributed by atoms with E-state index in [4.69, 9.17) is 24.2 Å². The van der Waals surface area contributed by atoms with Crippen LogP contribution < -0.4 is 5.43 Å². The molecule has 0 amide bonds. The van der Waals surface area contributed by atoms with Crippen LogP contribution >= 0.6 is 15.9 Å². The average Bonchev–Trinajstić information content (AvgIpc) is 3.50. The Morgan fingerprint density at radius 1 is 0.904 bits per heavy atom. The van der Waals surface area contributed by atoms with Crippen LogP contribution in [-0.2, 0) is 19.0 Å². The van der Waals surface area contributed by atoms with Gasteiger partial charge in [-0.05, 0) is 80.5 Å². The lowest BCUT2D eigenvalue weighted by Crippen LogP contribution is -2.45. The molecule has 0 radical (unpaired) electrons. The number of aliphatic imine (C=N–C) groups is 1. The monoisotopic (exact) mass is 809 g/mol. The number of carbonyl (C=O) groups is 1. The van der Waals surface area contributed by atoms with E-state index in [1.165, 1.54) is 0 Å². The standard InChI is InChI=1S/C40H60BrN5O4Si2/c1-40(2,3)50-39(47)31-17-15-30(16-18-31)36-35(41)38(45(27-48-21-23-51(4,5)6)28-49-22-24-52(7,8)9)46-37(44-36)33(26-43-46)32-19-20-34(42-25-32)29-13-11-10-12-14-29/h10-14,19-20,25,30-31,43H,15-18,21-24,26-28H2,1-9H3. The highest BCUT2D eigenvalue weighted by Crippen LogP contribution is 2.42. The van der Waals surface area contributed by atoms with Gasteiger partial charge in [-0.3, -0.25) is 9.78 Å². The summed E-state index contributed by atoms with van der Waals surface area (Å²) < 4.78 is 19.5. The lowest BCUT2D eigenvalue weighted by Gasteiger charge is -2.39. The summed E-state index contributed by atoms with van der Waals surface area (Å²) in [5, 5.41) is 2.10. The van der Waals surface area contributed by atoms with Gasteiger partial charge in [0.1, 0.15) is 24.9 Å². The molecule has 1 fully saturated rings. The third kappa shape index (κ3) is 11.2. The topological polar surface area (TPSA) is 88.5 Å². The van der Waals surface area contributed by atoms with Crippen molar-refractivity contribution in [3.8, 4) is 11.3 Å². The number of halogens is 1. The van der Waals surface area contributed by atoms with Crippen LogP contribution in [0.2, 0.25) is 51.4 Å². The number of carbonyl (C=O) groups excluding carboxylic acids is 1. The molecule has 1 aliphatic carbocycles. The summed E-state index contributed by atoms with van der Waals surface area (Å²) in [6, 6.07) is 16.7. The molecule has 3 heterocycles. The zero-order valence-corrected chi connectivity index (χ0v) is 36.4. The minimum absolute atomic E-state index is 0.0912. The Morgan fingerprint density at radius 2 is 1.52 bits per heavy atom. The number of ether oxygens (including phenoxy) is 3. The van der Waals surface area contributed by atoms with Gasteiger partial charge in [0.05, 0.1) is 21.8 Å². The molecule has 2 aromatic rings. The van der Waals surface area contributed by atoms with Crippen molar-refractivity contribution in [3.05, 3.63) is 70.3 Å². The number of hydrogen-bond acceptors (Lipinski definition) is 9. The molecular formula is C40H60BrN5O4Si2. The fraction of sp³-hybridized carbons (Fsp3) is 0.575. The highest BCUT2D eigenvalue weighted by atomic mass is 79.9. The maximum atomic E-state index is 13.0. The molecule has 0 unspecified atom stereocenters.